The van der Waals surface area contributed by atoms with E-state index in [2.05, 4.69) is 11.5 Å². The Hall–Kier alpha value is -0.700. The Morgan fingerprint density at radius 2 is 2.13 bits per heavy atom. The molecule has 0 atom stereocenters. The molecule has 0 saturated carbocycles. The second kappa shape index (κ2) is 5.40. The number of hydrogen-bond acceptors (Lipinski definition) is 2. The van der Waals surface area contributed by atoms with E-state index >= 15 is 0 Å². The largest absolute Gasteiger partial charge is 0.351 e. The molecular formula is C12H19NOS. The van der Waals surface area contributed by atoms with Crippen molar-refractivity contribution in [3.05, 3.63) is 23.0 Å². The fraction of sp³-hybridized carbons (Fsp3) is 0.583. The van der Waals surface area contributed by atoms with Crippen LogP contribution < -0.4 is 0 Å². The second-order valence-electron chi connectivity index (χ2n) is 3.82. The lowest BCUT2D eigenvalue weighted by atomic mass is 10.2. The molecule has 0 aliphatic heterocycles. The van der Waals surface area contributed by atoms with Crippen molar-refractivity contribution < 1.29 is 4.79 Å². The Bertz CT molecular complexity index is 355. The highest BCUT2D eigenvalue weighted by Crippen LogP contribution is 2.16. The summed E-state index contributed by atoms with van der Waals surface area (Å²) in [4.78, 5) is 11.9. The lowest BCUT2D eigenvalue weighted by Gasteiger charge is -2.01. The molecule has 0 aliphatic rings. The maximum atomic E-state index is 11.9. The minimum Gasteiger partial charge on any atom is -0.351 e. The highest BCUT2D eigenvalue weighted by atomic mass is 32.2. The van der Waals surface area contributed by atoms with E-state index in [1.54, 1.807) is 11.8 Å². The van der Waals surface area contributed by atoms with E-state index in [1.165, 1.54) is 0 Å². The first kappa shape index (κ1) is 12.4. The Balaban J connectivity index is 2.70. The van der Waals surface area contributed by atoms with Crippen LogP contribution in [0.3, 0.4) is 0 Å². The van der Waals surface area contributed by atoms with Crippen LogP contribution in [-0.2, 0) is 7.05 Å². The molecule has 0 N–H and O–H groups in total. The summed E-state index contributed by atoms with van der Waals surface area (Å²) in [6.45, 7) is 6.17. The van der Waals surface area contributed by atoms with Crippen molar-refractivity contribution in [1.29, 1.82) is 0 Å². The fourth-order valence-electron chi connectivity index (χ4n) is 1.52. The monoisotopic (exact) mass is 225 g/mol. The van der Waals surface area contributed by atoms with Gasteiger partial charge in [-0.3, -0.25) is 4.79 Å². The Kier molecular flexibility index (Phi) is 4.45. The summed E-state index contributed by atoms with van der Waals surface area (Å²) in [7, 11) is 2.00. The SMILES string of the molecule is CCCSCC(=O)c1cc(C)n(C)c1C. The number of carbonyl (C=O) groups excluding carboxylic acids is 1. The van der Waals surface area contributed by atoms with Gasteiger partial charge in [0.15, 0.2) is 5.78 Å². The summed E-state index contributed by atoms with van der Waals surface area (Å²) in [5, 5.41) is 0. The zero-order chi connectivity index (χ0) is 11.4. The smallest absolute Gasteiger partial charge is 0.174 e. The predicted molar refractivity (Wildman–Crippen MR) is 66.8 cm³/mol. The summed E-state index contributed by atoms with van der Waals surface area (Å²) < 4.78 is 2.07. The summed E-state index contributed by atoms with van der Waals surface area (Å²) in [6.07, 6.45) is 1.13. The van der Waals surface area contributed by atoms with Gasteiger partial charge in [0.1, 0.15) is 0 Å². The Morgan fingerprint density at radius 3 is 2.60 bits per heavy atom. The lowest BCUT2D eigenvalue weighted by molar-refractivity contribution is 0.102. The average molecular weight is 225 g/mol. The van der Waals surface area contributed by atoms with Gasteiger partial charge in [-0.05, 0) is 32.1 Å². The van der Waals surface area contributed by atoms with Crippen LogP contribution in [0.4, 0.5) is 0 Å². The first-order chi connectivity index (χ1) is 7.07. The number of Topliss-reactive ketones (excluding diaryl/α,β-unsaturated/α-hetero) is 1. The standard InChI is InChI=1S/C12H19NOS/c1-5-6-15-8-12(14)11-7-9(2)13(4)10(11)3/h7H,5-6,8H2,1-4H3. The van der Waals surface area contributed by atoms with Crippen LogP contribution in [-0.4, -0.2) is 21.9 Å². The van der Waals surface area contributed by atoms with Crippen molar-refractivity contribution in [2.45, 2.75) is 27.2 Å². The van der Waals surface area contributed by atoms with Crippen molar-refractivity contribution in [2.24, 2.45) is 7.05 Å². The molecule has 0 unspecified atom stereocenters. The molecule has 15 heavy (non-hydrogen) atoms. The van der Waals surface area contributed by atoms with E-state index in [0.29, 0.717) is 5.75 Å². The molecule has 0 amide bonds. The van der Waals surface area contributed by atoms with Gasteiger partial charge in [-0.2, -0.15) is 11.8 Å². The molecular weight excluding hydrogens is 206 g/mol. The number of aryl methyl sites for hydroxylation is 1. The van der Waals surface area contributed by atoms with Crippen LogP contribution in [0.15, 0.2) is 6.07 Å². The summed E-state index contributed by atoms with van der Waals surface area (Å²) in [5.74, 6) is 1.93. The molecule has 1 aromatic rings. The molecule has 0 spiro atoms. The minimum absolute atomic E-state index is 0.259. The third-order valence-corrected chi connectivity index (χ3v) is 3.82. The fourth-order valence-corrected chi connectivity index (χ4v) is 2.30. The number of thioether (sulfide) groups is 1. The van der Waals surface area contributed by atoms with Crippen LogP contribution in [0.1, 0.15) is 35.1 Å². The third kappa shape index (κ3) is 2.88. The van der Waals surface area contributed by atoms with Gasteiger partial charge in [-0.1, -0.05) is 6.92 Å². The molecule has 1 aromatic heterocycles. The predicted octanol–water partition coefficient (Wildman–Crippen LogP) is 2.97. The van der Waals surface area contributed by atoms with E-state index in [4.69, 9.17) is 0 Å². The van der Waals surface area contributed by atoms with Crippen LogP contribution in [0.5, 0.6) is 0 Å². The van der Waals surface area contributed by atoms with Crippen molar-refractivity contribution in [3.8, 4) is 0 Å². The molecule has 0 radical (unpaired) electrons. The molecule has 3 heteroatoms. The first-order valence-corrected chi connectivity index (χ1v) is 6.47. The van der Waals surface area contributed by atoms with E-state index in [1.807, 2.05) is 27.0 Å². The zero-order valence-corrected chi connectivity index (χ0v) is 10.8. The van der Waals surface area contributed by atoms with Gasteiger partial charge in [0.05, 0.1) is 5.75 Å². The van der Waals surface area contributed by atoms with Gasteiger partial charge in [0.2, 0.25) is 0 Å². The molecule has 1 heterocycles. The van der Waals surface area contributed by atoms with Gasteiger partial charge in [0.25, 0.3) is 0 Å². The zero-order valence-electron chi connectivity index (χ0n) is 9.96. The summed E-state index contributed by atoms with van der Waals surface area (Å²) in [5.41, 5.74) is 3.12. The second-order valence-corrected chi connectivity index (χ2v) is 4.92. The van der Waals surface area contributed by atoms with E-state index in [0.717, 1.165) is 29.1 Å². The van der Waals surface area contributed by atoms with Crippen molar-refractivity contribution >= 4 is 17.5 Å². The van der Waals surface area contributed by atoms with Crippen LogP contribution in [0.2, 0.25) is 0 Å². The summed E-state index contributed by atoms with van der Waals surface area (Å²) >= 11 is 1.72. The van der Waals surface area contributed by atoms with E-state index in [-0.39, 0.29) is 5.78 Å². The number of ketones is 1. The number of carbonyl (C=O) groups is 1. The van der Waals surface area contributed by atoms with Gasteiger partial charge in [-0.25, -0.2) is 0 Å². The number of aromatic nitrogens is 1. The van der Waals surface area contributed by atoms with Crippen molar-refractivity contribution in [2.75, 3.05) is 11.5 Å². The van der Waals surface area contributed by atoms with Crippen LogP contribution >= 0.6 is 11.8 Å². The highest BCUT2D eigenvalue weighted by Gasteiger charge is 2.13. The quantitative estimate of drug-likeness (QED) is 0.568. The minimum atomic E-state index is 0.259. The van der Waals surface area contributed by atoms with Crippen molar-refractivity contribution in [1.82, 2.24) is 4.57 Å². The number of rotatable bonds is 5. The Morgan fingerprint density at radius 1 is 1.47 bits per heavy atom. The van der Waals surface area contributed by atoms with Crippen LogP contribution in [0.25, 0.3) is 0 Å². The molecule has 0 bridgehead atoms. The lowest BCUT2D eigenvalue weighted by Crippen LogP contribution is -2.04. The molecule has 1 rings (SSSR count). The number of nitrogens with zero attached hydrogens (tertiary/aromatic N) is 1. The normalized spacial score (nSPS) is 10.7. The van der Waals surface area contributed by atoms with Gasteiger partial charge >= 0.3 is 0 Å². The van der Waals surface area contributed by atoms with E-state index in [9.17, 15) is 4.79 Å². The maximum Gasteiger partial charge on any atom is 0.174 e. The molecule has 84 valence electrons. The molecule has 0 saturated heterocycles. The average Bonchev–Trinajstić information content (AvgIpc) is 2.46. The van der Waals surface area contributed by atoms with Gasteiger partial charge in [0, 0.05) is 24.0 Å². The molecule has 0 aliphatic carbocycles. The van der Waals surface area contributed by atoms with Gasteiger partial charge in [-0.15, -0.1) is 0 Å². The highest BCUT2D eigenvalue weighted by molar-refractivity contribution is 7.99. The topological polar surface area (TPSA) is 22.0 Å². The van der Waals surface area contributed by atoms with E-state index < -0.39 is 0 Å². The maximum absolute atomic E-state index is 11.9. The first-order valence-electron chi connectivity index (χ1n) is 5.31. The molecule has 0 fully saturated rings. The van der Waals surface area contributed by atoms with Gasteiger partial charge < -0.3 is 4.57 Å². The van der Waals surface area contributed by atoms with Crippen LogP contribution in [0, 0.1) is 13.8 Å². The molecule has 2 nitrogen and oxygen atoms in total. The Labute approximate surface area is 96.1 Å². The number of hydrogen-bond donors (Lipinski definition) is 0. The summed E-state index contributed by atoms with van der Waals surface area (Å²) in [6, 6.07) is 1.99. The third-order valence-electron chi connectivity index (χ3n) is 2.66. The van der Waals surface area contributed by atoms with Crippen molar-refractivity contribution in [3.63, 3.8) is 0 Å². The molecule has 0 aromatic carbocycles.